The predicted octanol–water partition coefficient (Wildman–Crippen LogP) is 16.7. The van der Waals surface area contributed by atoms with Crippen molar-refractivity contribution in [2.24, 2.45) is 0 Å². The minimum Gasteiger partial charge on any atom is -0.456 e. The number of thiophene rings is 1. The third kappa shape index (κ3) is 5.55. The Kier molecular flexibility index (Phi) is 7.75. The van der Waals surface area contributed by atoms with Gasteiger partial charge in [0, 0.05) is 47.9 Å². The second-order valence-corrected chi connectivity index (χ2v) is 16.3. The molecule has 59 heavy (non-hydrogen) atoms. The van der Waals surface area contributed by atoms with Crippen LogP contribution < -0.4 is 4.90 Å². The van der Waals surface area contributed by atoms with Crippen LogP contribution in [0.1, 0.15) is 0 Å². The topological polar surface area (TPSA) is 16.4 Å². The van der Waals surface area contributed by atoms with E-state index < -0.39 is 0 Å². The molecule has 2 aromatic heterocycles. The van der Waals surface area contributed by atoms with E-state index in [1.165, 1.54) is 58.4 Å². The average molecular weight is 770 g/mol. The van der Waals surface area contributed by atoms with E-state index in [0.29, 0.717) is 0 Å². The van der Waals surface area contributed by atoms with Crippen LogP contribution >= 0.6 is 11.3 Å². The SMILES string of the molecule is c1ccc(-c2ccc(-c3cc4ccccc4c4ccccc34)cc2N(c2ccc(-c3cccc4oc5ccccc5c34)cc2)c2ccc3c(c2)sc2ccccc23)cc1. The molecule has 0 aliphatic carbocycles. The Hall–Kier alpha value is -7.46. The number of hydrogen-bond acceptors (Lipinski definition) is 3. The Labute approximate surface area is 345 Å². The summed E-state index contributed by atoms with van der Waals surface area (Å²) in [5.41, 5.74) is 12.1. The molecule has 0 saturated heterocycles. The Balaban J connectivity index is 1.10. The molecule has 0 aliphatic rings. The third-order valence-electron chi connectivity index (χ3n) is 11.9. The maximum atomic E-state index is 6.30. The van der Waals surface area contributed by atoms with Crippen molar-refractivity contribution >= 4 is 92.1 Å². The largest absolute Gasteiger partial charge is 0.456 e. The van der Waals surface area contributed by atoms with Crippen molar-refractivity contribution in [2.45, 2.75) is 0 Å². The van der Waals surface area contributed by atoms with Crippen LogP contribution in [0.25, 0.3) is 97.0 Å². The molecule has 0 radical (unpaired) electrons. The van der Waals surface area contributed by atoms with Crippen molar-refractivity contribution in [3.63, 3.8) is 0 Å². The summed E-state index contributed by atoms with van der Waals surface area (Å²) in [4.78, 5) is 2.45. The number of anilines is 3. The van der Waals surface area contributed by atoms with Crippen LogP contribution in [0.3, 0.4) is 0 Å². The zero-order valence-corrected chi connectivity index (χ0v) is 32.8. The number of para-hydroxylation sites is 1. The van der Waals surface area contributed by atoms with Crippen molar-refractivity contribution in [3.8, 4) is 33.4 Å². The maximum Gasteiger partial charge on any atom is 0.136 e. The lowest BCUT2D eigenvalue weighted by Gasteiger charge is -2.29. The lowest BCUT2D eigenvalue weighted by Crippen LogP contribution is -2.11. The van der Waals surface area contributed by atoms with Crippen LogP contribution in [0.4, 0.5) is 17.1 Å². The fourth-order valence-corrected chi connectivity index (χ4v) is 10.3. The van der Waals surface area contributed by atoms with Crippen LogP contribution in [-0.2, 0) is 0 Å². The van der Waals surface area contributed by atoms with Gasteiger partial charge in [-0.05, 0) is 104 Å². The molecule has 0 atom stereocenters. The Morgan fingerprint density at radius 2 is 0.983 bits per heavy atom. The number of benzene rings is 10. The van der Waals surface area contributed by atoms with E-state index in [9.17, 15) is 0 Å². The molecule has 0 N–H and O–H groups in total. The van der Waals surface area contributed by atoms with Crippen molar-refractivity contribution in [2.75, 3.05) is 4.90 Å². The van der Waals surface area contributed by atoms with Gasteiger partial charge in [0.2, 0.25) is 0 Å². The van der Waals surface area contributed by atoms with Gasteiger partial charge < -0.3 is 9.32 Å². The molecule has 12 rings (SSSR count). The number of fused-ring (bicyclic) bond motifs is 9. The van der Waals surface area contributed by atoms with Gasteiger partial charge in [0.25, 0.3) is 0 Å². The van der Waals surface area contributed by atoms with Gasteiger partial charge in [-0.2, -0.15) is 0 Å². The summed E-state index contributed by atoms with van der Waals surface area (Å²) >= 11 is 1.85. The van der Waals surface area contributed by atoms with Crippen molar-refractivity contribution < 1.29 is 4.42 Å². The molecule has 0 amide bonds. The Morgan fingerprint density at radius 3 is 1.85 bits per heavy atom. The zero-order chi connectivity index (χ0) is 38.9. The van der Waals surface area contributed by atoms with E-state index in [1.807, 2.05) is 23.5 Å². The van der Waals surface area contributed by atoms with Gasteiger partial charge in [-0.15, -0.1) is 11.3 Å². The number of nitrogens with zero attached hydrogens (tertiary/aromatic N) is 1. The summed E-state index contributed by atoms with van der Waals surface area (Å²) in [6, 6.07) is 77.2. The second kappa shape index (κ2) is 13.6. The molecule has 12 aromatic rings. The maximum absolute atomic E-state index is 6.30. The van der Waals surface area contributed by atoms with Gasteiger partial charge in [0.05, 0.1) is 5.69 Å². The zero-order valence-electron chi connectivity index (χ0n) is 32.0. The molecule has 2 heterocycles. The first-order valence-corrected chi connectivity index (χ1v) is 20.9. The second-order valence-electron chi connectivity index (χ2n) is 15.2. The lowest BCUT2D eigenvalue weighted by atomic mass is 9.91. The Morgan fingerprint density at radius 1 is 0.339 bits per heavy atom. The summed E-state index contributed by atoms with van der Waals surface area (Å²) in [7, 11) is 0. The van der Waals surface area contributed by atoms with Gasteiger partial charge in [-0.1, -0.05) is 158 Å². The molecule has 0 aliphatic heterocycles. The minimum absolute atomic E-state index is 0.900. The summed E-state index contributed by atoms with van der Waals surface area (Å²) in [6.07, 6.45) is 0. The molecule has 0 unspecified atom stereocenters. The summed E-state index contributed by atoms with van der Waals surface area (Å²) in [5, 5.41) is 9.86. The van der Waals surface area contributed by atoms with Gasteiger partial charge in [-0.3, -0.25) is 0 Å². The van der Waals surface area contributed by atoms with E-state index in [4.69, 9.17) is 4.42 Å². The smallest absolute Gasteiger partial charge is 0.136 e. The van der Waals surface area contributed by atoms with E-state index in [1.54, 1.807) is 0 Å². The lowest BCUT2D eigenvalue weighted by molar-refractivity contribution is 0.669. The van der Waals surface area contributed by atoms with Gasteiger partial charge in [0.15, 0.2) is 0 Å². The highest BCUT2D eigenvalue weighted by Crippen LogP contribution is 2.47. The highest BCUT2D eigenvalue weighted by atomic mass is 32.1. The van der Waals surface area contributed by atoms with Crippen LogP contribution in [0.2, 0.25) is 0 Å². The number of hydrogen-bond donors (Lipinski definition) is 0. The van der Waals surface area contributed by atoms with E-state index in [2.05, 4.69) is 205 Å². The summed E-state index contributed by atoms with van der Waals surface area (Å²) in [5.74, 6) is 0. The molecule has 2 nitrogen and oxygen atoms in total. The molecule has 276 valence electrons. The van der Waals surface area contributed by atoms with E-state index >= 15 is 0 Å². The minimum atomic E-state index is 0.900. The third-order valence-corrected chi connectivity index (χ3v) is 13.0. The van der Waals surface area contributed by atoms with Gasteiger partial charge in [-0.25, -0.2) is 0 Å². The quantitative estimate of drug-likeness (QED) is 0.157. The van der Waals surface area contributed by atoms with E-state index in [-0.39, 0.29) is 0 Å². The summed E-state index contributed by atoms with van der Waals surface area (Å²) in [6.45, 7) is 0. The molecule has 0 fully saturated rings. The Bertz CT molecular complexity index is 3560. The first-order valence-electron chi connectivity index (χ1n) is 20.1. The average Bonchev–Trinajstić information content (AvgIpc) is 3.88. The fourth-order valence-electron chi connectivity index (χ4n) is 9.13. The number of furan rings is 1. The summed E-state index contributed by atoms with van der Waals surface area (Å²) < 4.78 is 8.86. The normalized spacial score (nSPS) is 11.7. The predicted molar refractivity (Wildman–Crippen MR) is 253 cm³/mol. The van der Waals surface area contributed by atoms with Crippen LogP contribution in [0.5, 0.6) is 0 Å². The standard InChI is InChI=1S/C56H35NOS/c1-2-13-36(14-3-1)43-31-27-39(50-33-38-15-4-5-16-42(38)45-17-6-7-18-46(45)50)34-51(43)57(41-30-32-48-47-19-9-11-24-54(47)59-55(48)35-41)40-28-25-37(26-29-40)44-21-12-23-53-56(44)49-20-8-10-22-52(49)58-53/h1-35H. The van der Waals surface area contributed by atoms with E-state index in [0.717, 1.165) is 55.7 Å². The van der Waals surface area contributed by atoms with Crippen LogP contribution in [0.15, 0.2) is 217 Å². The fraction of sp³-hybridized carbons (Fsp3) is 0. The molecule has 10 aromatic carbocycles. The molecule has 3 heteroatoms. The monoisotopic (exact) mass is 769 g/mol. The molecule has 0 spiro atoms. The van der Waals surface area contributed by atoms with Gasteiger partial charge >= 0.3 is 0 Å². The molecule has 0 bridgehead atoms. The van der Waals surface area contributed by atoms with Crippen LogP contribution in [-0.4, -0.2) is 0 Å². The first-order chi connectivity index (χ1) is 29.2. The molecule has 0 saturated carbocycles. The number of rotatable bonds is 6. The molecular formula is C56H35NOS. The van der Waals surface area contributed by atoms with Crippen molar-refractivity contribution in [1.82, 2.24) is 0 Å². The first kappa shape index (κ1) is 33.7. The van der Waals surface area contributed by atoms with Crippen molar-refractivity contribution in [3.05, 3.63) is 212 Å². The van der Waals surface area contributed by atoms with Crippen LogP contribution in [0, 0.1) is 0 Å². The highest BCUT2D eigenvalue weighted by molar-refractivity contribution is 7.25. The van der Waals surface area contributed by atoms with Gasteiger partial charge in [0.1, 0.15) is 11.2 Å². The highest BCUT2D eigenvalue weighted by Gasteiger charge is 2.21. The van der Waals surface area contributed by atoms with Crippen molar-refractivity contribution in [1.29, 1.82) is 0 Å². The molecular weight excluding hydrogens is 735 g/mol.